The Hall–Kier alpha value is -3.68. The van der Waals surface area contributed by atoms with E-state index in [2.05, 4.69) is 20.4 Å². The van der Waals surface area contributed by atoms with Crippen molar-refractivity contribution in [1.29, 1.82) is 0 Å². The van der Waals surface area contributed by atoms with Gasteiger partial charge in [-0.15, -0.1) is 5.10 Å². The molecule has 2 heterocycles. The van der Waals surface area contributed by atoms with Crippen LogP contribution in [0.5, 0.6) is 5.75 Å². The molecule has 0 radical (unpaired) electrons. The summed E-state index contributed by atoms with van der Waals surface area (Å²) >= 11 is 0. The van der Waals surface area contributed by atoms with E-state index in [1.54, 1.807) is 30.3 Å². The van der Waals surface area contributed by atoms with Crippen molar-refractivity contribution in [3.63, 3.8) is 0 Å². The smallest absolute Gasteiger partial charge is 0.221 e. The standard InChI is InChI=1S/C22H23FN6O/c1-14-12-29(13-24-14)19-10-7-17(11-20(19)30-4)21-26-22(28(3)27-21)25-15(2)16-5-8-18(23)9-6-16/h5-13,15H,1-4H3,(H,25,26,27)/t15-/m0/s1. The maximum Gasteiger partial charge on any atom is 0.221 e. The quantitative estimate of drug-likeness (QED) is 0.517. The number of nitrogens with one attached hydrogen (secondary N) is 1. The molecule has 2 aromatic carbocycles. The number of aryl methyl sites for hydroxylation is 2. The monoisotopic (exact) mass is 406 g/mol. The molecule has 0 spiro atoms. The molecule has 4 rings (SSSR count). The van der Waals surface area contributed by atoms with Gasteiger partial charge in [0, 0.05) is 18.8 Å². The largest absolute Gasteiger partial charge is 0.495 e. The van der Waals surface area contributed by atoms with Gasteiger partial charge in [0.1, 0.15) is 11.6 Å². The van der Waals surface area contributed by atoms with Crippen molar-refractivity contribution in [2.45, 2.75) is 19.9 Å². The number of benzene rings is 2. The normalized spacial score (nSPS) is 12.0. The van der Waals surface area contributed by atoms with Crippen LogP contribution in [0.15, 0.2) is 55.0 Å². The average molecular weight is 406 g/mol. The minimum atomic E-state index is -0.254. The number of ether oxygens (including phenoxy) is 1. The summed E-state index contributed by atoms with van der Waals surface area (Å²) in [7, 11) is 3.46. The molecule has 0 aliphatic heterocycles. The van der Waals surface area contributed by atoms with E-state index in [0.29, 0.717) is 17.5 Å². The van der Waals surface area contributed by atoms with Gasteiger partial charge in [-0.2, -0.15) is 4.98 Å². The minimum Gasteiger partial charge on any atom is -0.495 e. The number of methoxy groups -OCH3 is 1. The number of imidazole rings is 1. The van der Waals surface area contributed by atoms with Gasteiger partial charge in [0.25, 0.3) is 0 Å². The Kier molecular flexibility index (Phi) is 5.22. The third kappa shape index (κ3) is 3.89. The summed E-state index contributed by atoms with van der Waals surface area (Å²) in [4.78, 5) is 8.91. The van der Waals surface area contributed by atoms with E-state index in [4.69, 9.17) is 4.74 Å². The summed E-state index contributed by atoms with van der Waals surface area (Å²) in [5.74, 6) is 1.65. The van der Waals surface area contributed by atoms with Crippen LogP contribution in [0.1, 0.15) is 24.2 Å². The minimum absolute atomic E-state index is 0.0530. The topological polar surface area (TPSA) is 69.8 Å². The lowest BCUT2D eigenvalue weighted by Gasteiger charge is -2.14. The second kappa shape index (κ2) is 7.98. The van der Waals surface area contributed by atoms with Crippen LogP contribution in [0, 0.1) is 12.7 Å². The highest BCUT2D eigenvalue weighted by atomic mass is 19.1. The van der Waals surface area contributed by atoms with Gasteiger partial charge < -0.3 is 14.6 Å². The first-order valence-corrected chi connectivity index (χ1v) is 9.57. The molecule has 0 aliphatic rings. The van der Waals surface area contributed by atoms with E-state index in [-0.39, 0.29) is 11.9 Å². The van der Waals surface area contributed by atoms with Gasteiger partial charge in [-0.25, -0.2) is 14.1 Å². The van der Waals surface area contributed by atoms with Gasteiger partial charge in [-0.1, -0.05) is 12.1 Å². The molecule has 4 aromatic rings. The third-order valence-electron chi connectivity index (χ3n) is 4.91. The van der Waals surface area contributed by atoms with Crippen LogP contribution in [0.25, 0.3) is 17.1 Å². The van der Waals surface area contributed by atoms with Crippen LogP contribution in [0.4, 0.5) is 10.3 Å². The molecule has 0 bridgehead atoms. The predicted octanol–water partition coefficient (Wildman–Crippen LogP) is 4.30. The van der Waals surface area contributed by atoms with Crippen LogP contribution < -0.4 is 10.1 Å². The van der Waals surface area contributed by atoms with Crippen LogP contribution >= 0.6 is 0 Å². The molecule has 0 amide bonds. The van der Waals surface area contributed by atoms with E-state index in [9.17, 15) is 4.39 Å². The number of nitrogens with zero attached hydrogens (tertiary/aromatic N) is 5. The van der Waals surface area contributed by atoms with Gasteiger partial charge in [0.15, 0.2) is 5.82 Å². The fourth-order valence-corrected chi connectivity index (χ4v) is 3.24. The molecule has 0 fully saturated rings. The Labute approximate surface area is 174 Å². The lowest BCUT2D eigenvalue weighted by atomic mass is 10.1. The second-order valence-corrected chi connectivity index (χ2v) is 7.11. The Morgan fingerprint density at radius 3 is 2.57 bits per heavy atom. The van der Waals surface area contributed by atoms with Crippen molar-refractivity contribution in [2.24, 2.45) is 7.05 Å². The van der Waals surface area contributed by atoms with Gasteiger partial charge in [-0.05, 0) is 49.7 Å². The molecule has 0 saturated carbocycles. The van der Waals surface area contributed by atoms with Crippen molar-refractivity contribution in [3.05, 3.63) is 72.1 Å². The van der Waals surface area contributed by atoms with E-state index in [0.717, 1.165) is 22.5 Å². The van der Waals surface area contributed by atoms with E-state index >= 15 is 0 Å². The Morgan fingerprint density at radius 1 is 1.13 bits per heavy atom. The van der Waals surface area contributed by atoms with Crippen LogP contribution in [-0.2, 0) is 7.05 Å². The summed E-state index contributed by atoms with van der Waals surface area (Å²) in [5, 5.41) is 7.86. The molecular weight excluding hydrogens is 383 g/mol. The van der Waals surface area contributed by atoms with E-state index in [1.807, 2.05) is 49.9 Å². The van der Waals surface area contributed by atoms with Crippen molar-refractivity contribution >= 4 is 5.95 Å². The van der Waals surface area contributed by atoms with Crippen molar-refractivity contribution in [2.75, 3.05) is 12.4 Å². The zero-order chi connectivity index (χ0) is 21.3. The maximum absolute atomic E-state index is 13.2. The van der Waals surface area contributed by atoms with E-state index in [1.165, 1.54) is 12.1 Å². The Balaban J connectivity index is 1.60. The molecular formula is C22H23FN6O. The van der Waals surface area contributed by atoms with Crippen LogP contribution in [0.3, 0.4) is 0 Å². The zero-order valence-corrected chi connectivity index (χ0v) is 17.3. The molecule has 0 unspecified atom stereocenters. The third-order valence-corrected chi connectivity index (χ3v) is 4.91. The first kappa shape index (κ1) is 19.6. The van der Waals surface area contributed by atoms with Crippen molar-refractivity contribution in [3.8, 4) is 22.8 Å². The van der Waals surface area contributed by atoms with Crippen molar-refractivity contribution in [1.82, 2.24) is 24.3 Å². The van der Waals surface area contributed by atoms with Crippen molar-refractivity contribution < 1.29 is 9.13 Å². The highest BCUT2D eigenvalue weighted by Crippen LogP contribution is 2.29. The van der Waals surface area contributed by atoms with Crippen LogP contribution in [-0.4, -0.2) is 31.4 Å². The number of rotatable bonds is 6. The number of halogens is 1. The molecule has 154 valence electrons. The molecule has 30 heavy (non-hydrogen) atoms. The number of anilines is 1. The summed E-state index contributed by atoms with van der Waals surface area (Å²) in [6.07, 6.45) is 3.69. The van der Waals surface area contributed by atoms with Gasteiger partial charge in [0.2, 0.25) is 5.95 Å². The second-order valence-electron chi connectivity index (χ2n) is 7.11. The van der Waals surface area contributed by atoms with Gasteiger partial charge in [-0.3, -0.25) is 0 Å². The highest BCUT2D eigenvalue weighted by molar-refractivity contribution is 5.64. The molecule has 1 atom stereocenters. The summed E-state index contributed by atoms with van der Waals surface area (Å²) in [6, 6.07) is 12.2. The molecule has 2 aromatic heterocycles. The van der Waals surface area contributed by atoms with Crippen LogP contribution in [0.2, 0.25) is 0 Å². The number of aromatic nitrogens is 5. The molecule has 0 saturated heterocycles. The lowest BCUT2D eigenvalue weighted by Crippen LogP contribution is -2.10. The number of hydrogen-bond donors (Lipinski definition) is 1. The predicted molar refractivity (Wildman–Crippen MR) is 113 cm³/mol. The molecule has 0 aliphatic carbocycles. The summed E-state index contributed by atoms with van der Waals surface area (Å²) in [5.41, 5.74) is 3.62. The van der Waals surface area contributed by atoms with E-state index < -0.39 is 0 Å². The van der Waals surface area contributed by atoms with Gasteiger partial charge in [0.05, 0.1) is 30.9 Å². The first-order valence-electron chi connectivity index (χ1n) is 9.57. The average Bonchev–Trinajstić information content (AvgIpc) is 3.33. The highest BCUT2D eigenvalue weighted by Gasteiger charge is 2.15. The molecule has 1 N–H and O–H groups in total. The molecule has 8 heteroatoms. The maximum atomic E-state index is 13.2. The fraction of sp³-hybridized carbons (Fsp3) is 0.227. The Morgan fingerprint density at radius 2 is 1.90 bits per heavy atom. The summed E-state index contributed by atoms with van der Waals surface area (Å²) < 4.78 is 22.4. The fourth-order valence-electron chi connectivity index (χ4n) is 3.24. The summed E-state index contributed by atoms with van der Waals surface area (Å²) in [6.45, 7) is 3.93. The number of hydrogen-bond acceptors (Lipinski definition) is 5. The first-order chi connectivity index (χ1) is 14.4. The van der Waals surface area contributed by atoms with Gasteiger partial charge >= 0.3 is 0 Å². The molecule has 7 nitrogen and oxygen atoms in total. The zero-order valence-electron chi connectivity index (χ0n) is 17.3. The SMILES string of the molecule is COc1cc(-c2nc(N[C@@H](C)c3ccc(F)cc3)n(C)n2)ccc1-n1cnc(C)c1. The lowest BCUT2D eigenvalue weighted by molar-refractivity contribution is 0.413. The Bertz CT molecular complexity index is 1160.